The Hall–Kier alpha value is -1.41. The van der Waals surface area contributed by atoms with Crippen LogP contribution in [0.15, 0.2) is 33.5 Å². The number of carbonyl (C=O) groups excluding carboxylic acids is 1. The van der Waals surface area contributed by atoms with Crippen molar-refractivity contribution in [3.63, 3.8) is 0 Å². The third-order valence-electron chi connectivity index (χ3n) is 2.52. The van der Waals surface area contributed by atoms with E-state index in [1.807, 2.05) is 12.1 Å². The van der Waals surface area contributed by atoms with Gasteiger partial charge in [-0.1, -0.05) is 15.9 Å². The van der Waals surface area contributed by atoms with Gasteiger partial charge in [0, 0.05) is 11.5 Å². The second kappa shape index (κ2) is 6.85. The highest BCUT2D eigenvalue weighted by molar-refractivity contribution is 9.11. The van der Waals surface area contributed by atoms with Gasteiger partial charge in [0.1, 0.15) is 17.9 Å². The van der Waals surface area contributed by atoms with Crippen molar-refractivity contribution in [1.29, 1.82) is 0 Å². The van der Waals surface area contributed by atoms with E-state index in [1.165, 1.54) is 11.2 Å². The number of halogens is 2. The molecule has 1 aromatic heterocycles. The second-order valence-electron chi connectivity index (χ2n) is 4.05. The molecule has 0 aliphatic heterocycles. The molecular formula is C12H12Br2N4O2. The van der Waals surface area contributed by atoms with Gasteiger partial charge in [-0.3, -0.25) is 9.89 Å². The first-order valence-corrected chi connectivity index (χ1v) is 7.31. The Labute approximate surface area is 132 Å². The molecule has 2 aromatic rings. The van der Waals surface area contributed by atoms with Crippen molar-refractivity contribution < 1.29 is 9.53 Å². The topological polar surface area (TPSA) is 71.1 Å². The summed E-state index contributed by atoms with van der Waals surface area (Å²) in [5, 5.41) is 6.44. The van der Waals surface area contributed by atoms with Gasteiger partial charge in [0.15, 0.2) is 6.61 Å². The Morgan fingerprint density at radius 2 is 2.25 bits per heavy atom. The van der Waals surface area contributed by atoms with Crippen LogP contribution < -0.4 is 4.74 Å². The summed E-state index contributed by atoms with van der Waals surface area (Å²) in [6, 6.07) is 5.50. The minimum absolute atomic E-state index is 0.0368. The van der Waals surface area contributed by atoms with Gasteiger partial charge in [-0.15, -0.1) is 0 Å². The van der Waals surface area contributed by atoms with Crippen LogP contribution in [0.2, 0.25) is 0 Å². The molecule has 0 spiro atoms. The van der Waals surface area contributed by atoms with Gasteiger partial charge in [0.25, 0.3) is 5.91 Å². The summed E-state index contributed by atoms with van der Waals surface area (Å²) < 4.78 is 7.21. The summed E-state index contributed by atoms with van der Waals surface area (Å²) in [5.74, 6) is 1.11. The fraction of sp³-hybridized carbons (Fsp3) is 0.250. The summed E-state index contributed by atoms with van der Waals surface area (Å²) in [6.07, 6.45) is 1.41. The number of carbonyl (C=O) groups is 1. The predicted octanol–water partition coefficient (Wildman–Crippen LogP) is 2.37. The Morgan fingerprint density at radius 3 is 2.90 bits per heavy atom. The molecule has 0 fully saturated rings. The van der Waals surface area contributed by atoms with Crippen molar-refractivity contribution in [1.82, 2.24) is 20.1 Å². The third-order valence-corrected chi connectivity index (χ3v) is 3.64. The first-order valence-electron chi connectivity index (χ1n) is 5.72. The molecular weight excluding hydrogens is 392 g/mol. The number of nitrogens with zero attached hydrogens (tertiary/aromatic N) is 3. The van der Waals surface area contributed by atoms with Gasteiger partial charge in [-0.25, -0.2) is 4.98 Å². The average Bonchev–Trinajstić information content (AvgIpc) is 2.90. The molecule has 0 bridgehead atoms. The molecule has 0 aliphatic rings. The summed E-state index contributed by atoms with van der Waals surface area (Å²) in [4.78, 5) is 17.4. The molecule has 0 saturated carbocycles. The van der Waals surface area contributed by atoms with E-state index < -0.39 is 0 Å². The van der Waals surface area contributed by atoms with Gasteiger partial charge in [0.05, 0.1) is 11.0 Å². The van der Waals surface area contributed by atoms with E-state index in [0.717, 1.165) is 8.95 Å². The van der Waals surface area contributed by atoms with Crippen LogP contribution in [0.3, 0.4) is 0 Å². The predicted molar refractivity (Wildman–Crippen MR) is 80.2 cm³/mol. The fourth-order valence-electron chi connectivity index (χ4n) is 1.46. The maximum atomic E-state index is 11.9. The van der Waals surface area contributed by atoms with Gasteiger partial charge in [-0.05, 0) is 34.1 Å². The van der Waals surface area contributed by atoms with Gasteiger partial charge in [0.2, 0.25) is 0 Å². The zero-order chi connectivity index (χ0) is 14.5. The van der Waals surface area contributed by atoms with E-state index in [4.69, 9.17) is 4.74 Å². The van der Waals surface area contributed by atoms with E-state index >= 15 is 0 Å². The van der Waals surface area contributed by atoms with Crippen LogP contribution in [-0.4, -0.2) is 39.6 Å². The summed E-state index contributed by atoms with van der Waals surface area (Å²) in [5.41, 5.74) is 0. The number of hydrogen-bond acceptors (Lipinski definition) is 4. The zero-order valence-electron chi connectivity index (χ0n) is 10.6. The smallest absolute Gasteiger partial charge is 0.260 e. The van der Waals surface area contributed by atoms with E-state index in [9.17, 15) is 4.79 Å². The Kier molecular flexibility index (Phi) is 5.13. The Balaban J connectivity index is 1.88. The molecule has 6 nitrogen and oxygen atoms in total. The fourth-order valence-corrected chi connectivity index (χ4v) is 2.62. The molecule has 0 aliphatic carbocycles. The van der Waals surface area contributed by atoms with Crippen molar-refractivity contribution in [2.75, 3.05) is 13.7 Å². The second-order valence-corrected chi connectivity index (χ2v) is 5.82. The number of rotatable bonds is 5. The minimum atomic E-state index is -0.142. The van der Waals surface area contributed by atoms with Crippen LogP contribution in [0.5, 0.6) is 5.75 Å². The number of ether oxygens (including phenoxy) is 1. The molecule has 0 atom stereocenters. The largest absolute Gasteiger partial charge is 0.483 e. The van der Waals surface area contributed by atoms with Crippen LogP contribution in [0.4, 0.5) is 0 Å². The molecule has 0 radical (unpaired) electrons. The van der Waals surface area contributed by atoms with Crippen molar-refractivity contribution in [2.45, 2.75) is 6.54 Å². The maximum Gasteiger partial charge on any atom is 0.260 e. The molecule has 1 N–H and O–H groups in total. The molecule has 1 aromatic carbocycles. The summed E-state index contributed by atoms with van der Waals surface area (Å²) >= 11 is 6.74. The summed E-state index contributed by atoms with van der Waals surface area (Å²) in [7, 11) is 1.69. The first kappa shape index (κ1) is 15.0. The lowest BCUT2D eigenvalue weighted by atomic mass is 10.3. The standard InChI is InChI=1S/C12H12Br2N4O2/c1-18(5-11-15-7-16-17-11)12(19)6-20-10-3-2-8(13)4-9(10)14/h2-4,7H,5-6H2,1H3,(H,15,16,17). The molecule has 0 unspecified atom stereocenters. The molecule has 8 heteroatoms. The van der Waals surface area contributed by atoms with Crippen LogP contribution in [0, 0.1) is 0 Å². The number of benzene rings is 1. The van der Waals surface area contributed by atoms with Crippen LogP contribution >= 0.6 is 31.9 Å². The Bertz CT molecular complexity index is 589. The maximum absolute atomic E-state index is 11.9. The number of amides is 1. The van der Waals surface area contributed by atoms with Crippen LogP contribution in [0.1, 0.15) is 5.82 Å². The molecule has 2 rings (SSSR count). The van der Waals surface area contributed by atoms with Crippen LogP contribution in [-0.2, 0) is 11.3 Å². The van der Waals surface area contributed by atoms with E-state index in [-0.39, 0.29) is 12.5 Å². The third kappa shape index (κ3) is 4.04. The van der Waals surface area contributed by atoms with Gasteiger partial charge in [-0.2, -0.15) is 5.10 Å². The highest BCUT2D eigenvalue weighted by Gasteiger charge is 2.12. The van der Waals surface area contributed by atoms with Crippen molar-refractivity contribution in [3.05, 3.63) is 39.3 Å². The molecule has 106 valence electrons. The molecule has 20 heavy (non-hydrogen) atoms. The number of aromatic nitrogens is 3. The lowest BCUT2D eigenvalue weighted by molar-refractivity contribution is -0.132. The van der Waals surface area contributed by atoms with E-state index in [1.54, 1.807) is 13.1 Å². The number of aromatic amines is 1. The van der Waals surface area contributed by atoms with Crippen molar-refractivity contribution in [3.8, 4) is 5.75 Å². The zero-order valence-corrected chi connectivity index (χ0v) is 13.8. The van der Waals surface area contributed by atoms with Crippen molar-refractivity contribution >= 4 is 37.8 Å². The highest BCUT2D eigenvalue weighted by Crippen LogP contribution is 2.28. The SMILES string of the molecule is CN(Cc1ncn[nH]1)C(=O)COc1ccc(Br)cc1Br. The van der Waals surface area contributed by atoms with E-state index in [2.05, 4.69) is 47.0 Å². The van der Waals surface area contributed by atoms with E-state index in [0.29, 0.717) is 18.1 Å². The number of hydrogen-bond donors (Lipinski definition) is 1. The van der Waals surface area contributed by atoms with Crippen LogP contribution in [0.25, 0.3) is 0 Å². The summed E-state index contributed by atoms with van der Waals surface area (Å²) in [6.45, 7) is 0.328. The minimum Gasteiger partial charge on any atom is -0.483 e. The molecule has 1 amide bonds. The van der Waals surface area contributed by atoms with Gasteiger partial charge >= 0.3 is 0 Å². The lowest BCUT2D eigenvalue weighted by Crippen LogP contribution is -2.31. The number of nitrogens with one attached hydrogen (secondary N) is 1. The quantitative estimate of drug-likeness (QED) is 0.831. The molecule has 0 saturated heterocycles. The normalized spacial score (nSPS) is 10.3. The number of likely N-dealkylation sites (N-methyl/N-ethyl adjacent to an activating group) is 1. The molecule has 1 heterocycles. The van der Waals surface area contributed by atoms with Gasteiger partial charge < -0.3 is 9.64 Å². The lowest BCUT2D eigenvalue weighted by Gasteiger charge is -2.16. The average molecular weight is 404 g/mol. The first-order chi connectivity index (χ1) is 9.56. The monoisotopic (exact) mass is 402 g/mol. The number of H-pyrrole nitrogens is 1. The Morgan fingerprint density at radius 1 is 1.45 bits per heavy atom. The highest BCUT2D eigenvalue weighted by atomic mass is 79.9. The van der Waals surface area contributed by atoms with Crippen molar-refractivity contribution in [2.24, 2.45) is 0 Å².